The molecule has 29 heavy (non-hydrogen) atoms. The van der Waals surface area contributed by atoms with E-state index in [4.69, 9.17) is 4.74 Å². The number of ether oxygens (including phenoxy) is 1. The van der Waals surface area contributed by atoms with E-state index in [0.29, 0.717) is 44.6 Å². The number of likely N-dealkylation sites (tertiary alicyclic amines) is 1. The highest BCUT2D eigenvalue weighted by Crippen LogP contribution is 2.41. The first-order valence-corrected chi connectivity index (χ1v) is 12.0. The highest BCUT2D eigenvalue weighted by atomic mass is 32.2. The van der Waals surface area contributed by atoms with Gasteiger partial charge in [0.1, 0.15) is 5.82 Å². The summed E-state index contributed by atoms with van der Waals surface area (Å²) in [6, 6.07) is 5.68. The number of carbonyl (C=O) groups is 1. The van der Waals surface area contributed by atoms with Gasteiger partial charge in [0.05, 0.1) is 11.9 Å². The van der Waals surface area contributed by atoms with Crippen molar-refractivity contribution in [3.8, 4) is 0 Å². The van der Waals surface area contributed by atoms with Crippen LogP contribution in [0.4, 0.5) is 14.9 Å². The van der Waals surface area contributed by atoms with Crippen molar-refractivity contribution in [2.24, 2.45) is 0 Å². The Morgan fingerprint density at radius 3 is 2.59 bits per heavy atom. The highest BCUT2D eigenvalue weighted by molar-refractivity contribution is 7.88. The van der Waals surface area contributed by atoms with Crippen LogP contribution in [0.5, 0.6) is 0 Å². The minimum absolute atomic E-state index is 0.0288. The fourth-order valence-corrected chi connectivity index (χ4v) is 6.10. The number of hydrogen-bond acceptors (Lipinski definition) is 4. The number of nitrogens with zero attached hydrogens (tertiary/aromatic N) is 2. The second-order valence-electron chi connectivity index (χ2n) is 8.43. The lowest BCUT2D eigenvalue weighted by molar-refractivity contribution is -0.122. The molecule has 4 rings (SSSR count). The molecule has 9 heteroatoms. The van der Waals surface area contributed by atoms with E-state index in [2.05, 4.69) is 5.32 Å². The Balaban J connectivity index is 1.37. The first-order chi connectivity index (χ1) is 13.8. The number of sulfonamides is 1. The second kappa shape index (κ2) is 7.85. The summed E-state index contributed by atoms with van der Waals surface area (Å²) < 4.78 is 45.8. The Morgan fingerprint density at radius 1 is 1.24 bits per heavy atom. The SMILES string of the molecule is CS(=O)(=O)N(C1CC1)C1CCOC2(CCN(C(=O)Nc3cccc(F)c3)CC2)C1. The molecule has 2 heterocycles. The van der Waals surface area contributed by atoms with E-state index in [9.17, 15) is 17.6 Å². The van der Waals surface area contributed by atoms with E-state index in [-0.39, 0.29) is 23.7 Å². The molecule has 1 N–H and O–H groups in total. The van der Waals surface area contributed by atoms with Crippen molar-refractivity contribution in [3.63, 3.8) is 0 Å². The lowest BCUT2D eigenvalue weighted by atomic mass is 9.82. The maximum atomic E-state index is 13.3. The fraction of sp³-hybridized carbons (Fsp3) is 0.650. The Bertz CT molecular complexity index is 866. The Morgan fingerprint density at radius 2 is 1.97 bits per heavy atom. The van der Waals surface area contributed by atoms with Crippen LogP contribution in [0.1, 0.15) is 38.5 Å². The molecule has 2 amide bonds. The average Bonchev–Trinajstić information content (AvgIpc) is 3.46. The lowest BCUT2D eigenvalue weighted by Crippen LogP contribution is -2.56. The molecule has 160 valence electrons. The first-order valence-electron chi connectivity index (χ1n) is 10.2. The third-order valence-electron chi connectivity index (χ3n) is 6.15. The molecule has 1 unspecified atom stereocenters. The first kappa shape index (κ1) is 20.6. The van der Waals surface area contributed by atoms with E-state index in [1.165, 1.54) is 18.4 Å². The third kappa shape index (κ3) is 4.73. The van der Waals surface area contributed by atoms with Gasteiger partial charge < -0.3 is 15.0 Å². The van der Waals surface area contributed by atoms with Gasteiger partial charge in [-0.15, -0.1) is 0 Å². The third-order valence-corrected chi connectivity index (χ3v) is 7.52. The van der Waals surface area contributed by atoms with Gasteiger partial charge in [-0.2, -0.15) is 4.31 Å². The van der Waals surface area contributed by atoms with Gasteiger partial charge in [-0.1, -0.05) is 6.07 Å². The Kier molecular flexibility index (Phi) is 5.56. The number of carbonyl (C=O) groups excluding carboxylic acids is 1. The molecule has 2 saturated heterocycles. The molecule has 2 aliphatic heterocycles. The van der Waals surface area contributed by atoms with Crippen molar-refractivity contribution in [1.29, 1.82) is 0 Å². The Hall–Kier alpha value is -1.71. The van der Waals surface area contributed by atoms with Gasteiger partial charge in [-0.05, 0) is 56.7 Å². The van der Waals surface area contributed by atoms with Crippen LogP contribution >= 0.6 is 0 Å². The zero-order valence-electron chi connectivity index (χ0n) is 16.6. The molecule has 0 aromatic heterocycles. The monoisotopic (exact) mass is 425 g/mol. The molecule has 0 bridgehead atoms. The van der Waals surface area contributed by atoms with Crippen LogP contribution in [-0.4, -0.2) is 67.3 Å². The average molecular weight is 426 g/mol. The maximum absolute atomic E-state index is 13.3. The number of halogens is 1. The van der Waals surface area contributed by atoms with Crippen molar-refractivity contribution < 1.29 is 22.3 Å². The van der Waals surface area contributed by atoms with Gasteiger partial charge in [0.25, 0.3) is 0 Å². The van der Waals surface area contributed by atoms with Gasteiger partial charge in [0, 0.05) is 37.5 Å². The molecule has 3 aliphatic rings. The van der Waals surface area contributed by atoms with Crippen LogP contribution in [0.2, 0.25) is 0 Å². The molecule has 1 spiro atoms. The predicted octanol–water partition coefficient (Wildman–Crippen LogP) is 2.80. The van der Waals surface area contributed by atoms with Crippen LogP contribution in [0, 0.1) is 5.82 Å². The zero-order valence-corrected chi connectivity index (χ0v) is 17.5. The van der Waals surface area contributed by atoms with Crippen LogP contribution in [-0.2, 0) is 14.8 Å². The standard InChI is InChI=1S/C20H28FN3O4S/c1-29(26,27)24(17-5-6-17)18-7-12-28-20(14-18)8-10-23(11-9-20)19(25)22-16-4-2-3-15(21)13-16/h2-4,13,17-18H,5-12,14H2,1H3,(H,22,25). The molecule has 1 aromatic rings. The van der Waals surface area contributed by atoms with E-state index in [0.717, 1.165) is 19.3 Å². The summed E-state index contributed by atoms with van der Waals surface area (Å²) in [6.07, 6.45) is 5.90. The van der Waals surface area contributed by atoms with Crippen molar-refractivity contribution in [2.45, 2.75) is 56.2 Å². The minimum Gasteiger partial charge on any atom is -0.375 e. The summed E-state index contributed by atoms with van der Waals surface area (Å²) >= 11 is 0. The highest BCUT2D eigenvalue weighted by Gasteiger charge is 2.47. The van der Waals surface area contributed by atoms with Crippen LogP contribution in [0.3, 0.4) is 0 Å². The summed E-state index contributed by atoms with van der Waals surface area (Å²) in [5, 5.41) is 2.73. The summed E-state index contributed by atoms with van der Waals surface area (Å²) in [6.45, 7) is 1.59. The summed E-state index contributed by atoms with van der Waals surface area (Å²) in [5.74, 6) is -0.395. The largest absolute Gasteiger partial charge is 0.375 e. The normalized spacial score (nSPS) is 24.7. The number of nitrogens with one attached hydrogen (secondary N) is 1. The number of amides is 2. The lowest BCUT2D eigenvalue weighted by Gasteiger charge is -2.48. The maximum Gasteiger partial charge on any atom is 0.321 e. The van der Waals surface area contributed by atoms with E-state index >= 15 is 0 Å². The van der Waals surface area contributed by atoms with Gasteiger partial charge in [-0.25, -0.2) is 17.6 Å². The molecule has 1 aliphatic carbocycles. The molecule has 1 aromatic carbocycles. The number of urea groups is 1. The van der Waals surface area contributed by atoms with Crippen molar-refractivity contribution in [2.75, 3.05) is 31.3 Å². The second-order valence-corrected chi connectivity index (χ2v) is 10.3. The number of benzene rings is 1. The summed E-state index contributed by atoms with van der Waals surface area (Å²) in [4.78, 5) is 14.2. The minimum atomic E-state index is -3.25. The van der Waals surface area contributed by atoms with E-state index < -0.39 is 15.8 Å². The van der Waals surface area contributed by atoms with E-state index in [1.807, 2.05) is 0 Å². The van der Waals surface area contributed by atoms with Crippen LogP contribution in [0.15, 0.2) is 24.3 Å². The Labute approximate surface area is 171 Å². The fourth-order valence-electron chi connectivity index (χ4n) is 4.62. The number of piperidine rings is 1. The number of anilines is 1. The van der Waals surface area contributed by atoms with Crippen molar-refractivity contribution >= 4 is 21.7 Å². The molecule has 1 saturated carbocycles. The zero-order chi connectivity index (χ0) is 20.6. The topological polar surface area (TPSA) is 79.0 Å². The van der Waals surface area contributed by atoms with Gasteiger partial charge in [0.15, 0.2) is 0 Å². The molecule has 3 fully saturated rings. The quantitative estimate of drug-likeness (QED) is 0.805. The number of rotatable bonds is 4. The van der Waals surface area contributed by atoms with Gasteiger partial charge in [0.2, 0.25) is 10.0 Å². The van der Waals surface area contributed by atoms with Gasteiger partial charge >= 0.3 is 6.03 Å². The van der Waals surface area contributed by atoms with Gasteiger partial charge in [-0.3, -0.25) is 0 Å². The molecule has 0 radical (unpaired) electrons. The summed E-state index contributed by atoms with van der Waals surface area (Å²) in [7, 11) is -3.25. The smallest absolute Gasteiger partial charge is 0.321 e. The van der Waals surface area contributed by atoms with Crippen molar-refractivity contribution in [3.05, 3.63) is 30.1 Å². The van der Waals surface area contributed by atoms with E-state index in [1.54, 1.807) is 21.3 Å². The van der Waals surface area contributed by atoms with Crippen LogP contribution in [0.25, 0.3) is 0 Å². The molecular weight excluding hydrogens is 397 g/mol. The predicted molar refractivity (Wildman–Crippen MR) is 108 cm³/mol. The molecule has 7 nitrogen and oxygen atoms in total. The van der Waals surface area contributed by atoms with Crippen LogP contribution < -0.4 is 5.32 Å². The molecular formula is C20H28FN3O4S. The summed E-state index contributed by atoms with van der Waals surface area (Å²) in [5.41, 5.74) is 0.0496. The van der Waals surface area contributed by atoms with Crippen molar-refractivity contribution in [1.82, 2.24) is 9.21 Å². The molecule has 1 atom stereocenters. The number of hydrogen-bond donors (Lipinski definition) is 1.